The molecule has 8 heteroatoms. The molecule has 0 aromatic heterocycles. The Morgan fingerprint density at radius 1 is 1.09 bits per heavy atom. The molecule has 0 unspecified atom stereocenters. The summed E-state index contributed by atoms with van der Waals surface area (Å²) in [6.45, 7) is 0.740. The van der Waals surface area contributed by atoms with Crippen molar-refractivity contribution in [3.05, 3.63) is 0 Å². The summed E-state index contributed by atoms with van der Waals surface area (Å²) in [5.41, 5.74) is 0. The molecule has 0 aromatic rings. The first-order valence-electron chi connectivity index (χ1n) is 2.13. The smallest absolute Gasteiger partial charge is 0.147 e. The van der Waals surface area contributed by atoms with Crippen LogP contribution in [0, 0.1) is 0 Å². The molecule has 0 N–H and O–H groups in total. The average Bonchev–Trinajstić information content (AvgIpc) is 1.65. The largest absolute Gasteiger partial charge is 0.376 e. The van der Waals surface area contributed by atoms with Crippen molar-refractivity contribution >= 4 is 99.7 Å². The summed E-state index contributed by atoms with van der Waals surface area (Å²) in [5, 5.41) is 0. The molecule has 0 nitrogen and oxygen atoms in total. The summed E-state index contributed by atoms with van der Waals surface area (Å²) < 4.78 is 1.41. The molecule has 11 heavy (non-hydrogen) atoms. The predicted molar refractivity (Wildman–Crippen MR) is 65.9 cm³/mol. The van der Waals surface area contributed by atoms with Gasteiger partial charge in [-0.3, -0.25) is 0 Å². The van der Waals surface area contributed by atoms with Gasteiger partial charge < -0.3 is 0 Å². The van der Waals surface area contributed by atoms with Crippen molar-refractivity contribution in [1.29, 1.82) is 0 Å². The summed E-state index contributed by atoms with van der Waals surface area (Å²) >= 11 is 16.4. The molecule has 0 saturated heterocycles. The van der Waals surface area contributed by atoms with Gasteiger partial charge in [-0.15, -0.1) is 70.5 Å². The first-order valence-corrected chi connectivity index (χ1v) is 8.68. The number of hydrogen-bond donors (Lipinski definition) is 0. The van der Waals surface area contributed by atoms with Gasteiger partial charge in [-0.25, -0.2) is 0 Å². The van der Waals surface area contributed by atoms with Crippen molar-refractivity contribution in [2.45, 2.75) is 17.8 Å². The van der Waals surface area contributed by atoms with E-state index in [4.69, 9.17) is 33.2 Å². The van der Waals surface area contributed by atoms with Gasteiger partial charge in [-0.2, -0.15) is 0 Å². The predicted octanol–water partition coefficient (Wildman–Crippen LogP) is 3.94. The van der Waals surface area contributed by atoms with E-state index in [9.17, 15) is 0 Å². The molecule has 0 fully saturated rings. The van der Waals surface area contributed by atoms with E-state index >= 15 is 0 Å². The first-order chi connectivity index (χ1) is 3.65. The average molecular weight is 406 g/mol. The Kier molecular flexibility index (Phi) is 77.8. The second kappa shape index (κ2) is 29.3. The molecule has 72 valence electrons. The standard InChI is InChI=1S/C3H7.Cl3Si.3ClH.Sn/c1-3-2;1-4(2)3;;;;/h1,3H2,2H3;;3*1H;. The molecule has 0 saturated carbocycles. The summed E-state index contributed by atoms with van der Waals surface area (Å²) in [6.07, 6.45) is 1.36. The van der Waals surface area contributed by atoms with E-state index in [0.717, 1.165) is 0 Å². The van der Waals surface area contributed by atoms with Gasteiger partial charge in [-0.05, 0) is 0 Å². The van der Waals surface area contributed by atoms with E-state index in [-0.39, 0.29) is 37.2 Å². The van der Waals surface area contributed by atoms with Gasteiger partial charge in [0.2, 0.25) is 0 Å². The summed E-state index contributed by atoms with van der Waals surface area (Å²) in [6, 6.07) is 0. The van der Waals surface area contributed by atoms with Gasteiger partial charge >= 0.3 is 47.0 Å². The minimum absolute atomic E-state index is 0. The maximum atomic E-state index is 4.91. The van der Waals surface area contributed by atoms with Crippen molar-refractivity contribution in [1.82, 2.24) is 0 Å². The molecule has 4 radical (unpaired) electrons. The Bertz CT molecular complexity index is 34.3. The molecule has 0 bridgehead atoms. The van der Waals surface area contributed by atoms with Crippen LogP contribution in [0.2, 0.25) is 4.44 Å². The van der Waals surface area contributed by atoms with E-state index < -0.39 is 6.73 Å². The molecule has 0 aliphatic rings. The van der Waals surface area contributed by atoms with E-state index in [2.05, 4.69) is 6.92 Å². The van der Waals surface area contributed by atoms with Gasteiger partial charge in [0.1, 0.15) is 0 Å². The van der Waals surface area contributed by atoms with Crippen LogP contribution in [-0.4, -0.2) is 29.3 Å². The third-order valence-corrected chi connectivity index (χ3v) is 1.68. The van der Waals surface area contributed by atoms with Crippen LogP contribution >= 0.6 is 70.5 Å². The molecule has 0 spiro atoms. The van der Waals surface area contributed by atoms with Crippen LogP contribution in [0.1, 0.15) is 13.3 Å². The SMILES string of the molecule is CC[CH2][Sn].Cl.Cl.Cl.Cl[Si](Cl)Cl. The van der Waals surface area contributed by atoms with Crippen LogP contribution in [0.4, 0.5) is 0 Å². The normalized spacial score (nSPS) is 6.00. The van der Waals surface area contributed by atoms with Gasteiger partial charge in [0, 0.05) is 0 Å². The zero-order valence-corrected chi connectivity index (χ0v) is 14.3. The molecular formula is C3H10Cl6SiSn. The summed E-state index contributed by atoms with van der Waals surface area (Å²) in [4.78, 5) is 0. The zero-order chi connectivity index (χ0) is 6.99. The van der Waals surface area contributed by atoms with Crippen LogP contribution in [0.3, 0.4) is 0 Å². The number of hydrogen-bond acceptors (Lipinski definition) is 0. The van der Waals surface area contributed by atoms with E-state index in [1.54, 1.807) is 22.5 Å². The van der Waals surface area contributed by atoms with Gasteiger partial charge in [0.25, 0.3) is 0 Å². The second-order valence-corrected chi connectivity index (χ2v) is 7.96. The monoisotopic (exact) mass is 404 g/mol. The van der Waals surface area contributed by atoms with Crippen LogP contribution in [0.25, 0.3) is 0 Å². The van der Waals surface area contributed by atoms with Crippen LogP contribution in [0.15, 0.2) is 0 Å². The van der Waals surface area contributed by atoms with Crippen LogP contribution in [0.5, 0.6) is 0 Å². The molecule has 0 aromatic carbocycles. The Labute approximate surface area is 116 Å². The quantitative estimate of drug-likeness (QED) is 0.458. The van der Waals surface area contributed by atoms with Crippen LogP contribution in [-0.2, 0) is 0 Å². The molecule has 0 amide bonds. The zero-order valence-electron chi connectivity index (χ0n) is 5.77. The Morgan fingerprint density at radius 3 is 1.18 bits per heavy atom. The summed E-state index contributed by atoms with van der Waals surface area (Å²) in [5.74, 6) is 0. The topological polar surface area (TPSA) is 0 Å². The Hall–Kier alpha value is 2.76. The Morgan fingerprint density at radius 2 is 1.18 bits per heavy atom. The van der Waals surface area contributed by atoms with Crippen molar-refractivity contribution in [3.8, 4) is 0 Å². The first kappa shape index (κ1) is 29.2. The summed E-state index contributed by atoms with van der Waals surface area (Å²) in [7, 11) is 0. The molecule has 0 atom stereocenters. The molecular weight excluding hydrogens is 396 g/mol. The fourth-order valence-corrected chi connectivity index (χ4v) is 0. The molecule has 0 rings (SSSR count). The van der Waals surface area contributed by atoms with Crippen LogP contribution < -0.4 is 0 Å². The maximum absolute atomic E-state index is 4.91. The maximum Gasteiger partial charge on any atom is 0.376 e. The fourth-order valence-electron chi connectivity index (χ4n) is 0. The van der Waals surface area contributed by atoms with Crippen molar-refractivity contribution in [2.75, 3.05) is 0 Å². The number of halogens is 6. The molecule has 0 heterocycles. The van der Waals surface area contributed by atoms with E-state index in [1.165, 1.54) is 10.9 Å². The van der Waals surface area contributed by atoms with Gasteiger partial charge in [0.05, 0.1) is 0 Å². The third-order valence-electron chi connectivity index (χ3n) is 0.250. The van der Waals surface area contributed by atoms with E-state index in [1.807, 2.05) is 0 Å². The molecule has 0 aliphatic heterocycles. The van der Waals surface area contributed by atoms with Crippen molar-refractivity contribution in [3.63, 3.8) is 0 Å². The van der Waals surface area contributed by atoms with E-state index in [0.29, 0.717) is 0 Å². The minimum atomic E-state index is -1.46. The van der Waals surface area contributed by atoms with Gasteiger partial charge in [0.15, 0.2) is 0 Å². The third kappa shape index (κ3) is 105. The minimum Gasteiger partial charge on any atom is -0.147 e. The fraction of sp³-hybridized carbons (Fsp3) is 1.00. The van der Waals surface area contributed by atoms with Crippen molar-refractivity contribution < 1.29 is 0 Å². The second-order valence-electron chi connectivity index (χ2n) is 0.964. The van der Waals surface area contributed by atoms with Crippen molar-refractivity contribution in [2.24, 2.45) is 0 Å². The molecule has 0 aliphatic carbocycles. The Balaban J connectivity index is -0.0000000171. The van der Waals surface area contributed by atoms with Gasteiger partial charge in [-0.1, -0.05) is 0 Å². The number of rotatable bonds is 1.